The first-order valence-electron chi connectivity index (χ1n) is 6.87. The Kier molecular flexibility index (Phi) is 4.74. The predicted molar refractivity (Wildman–Crippen MR) is 79.6 cm³/mol. The van der Waals surface area contributed by atoms with Gasteiger partial charge in [-0.25, -0.2) is 4.39 Å². The van der Waals surface area contributed by atoms with Crippen molar-refractivity contribution in [1.29, 1.82) is 0 Å². The molecule has 0 fully saturated rings. The summed E-state index contributed by atoms with van der Waals surface area (Å²) in [5, 5.41) is 0. The minimum absolute atomic E-state index is 0.163. The molecule has 0 saturated carbocycles. The van der Waals surface area contributed by atoms with Gasteiger partial charge in [0.2, 0.25) is 0 Å². The standard InChI is InChI=1S/C17H20FNO/c1-3-15(19)10-13-5-4-12(2)17(11-13)20-16-8-6-14(18)7-9-16/h4-9,11,15H,3,10,19H2,1-2H3. The van der Waals surface area contributed by atoms with Crippen molar-refractivity contribution in [2.45, 2.75) is 32.7 Å². The Morgan fingerprint density at radius 3 is 2.50 bits per heavy atom. The summed E-state index contributed by atoms with van der Waals surface area (Å²) in [6.07, 6.45) is 1.78. The average molecular weight is 273 g/mol. The second-order valence-corrected chi connectivity index (χ2v) is 5.03. The predicted octanol–water partition coefficient (Wildman–Crippen LogP) is 4.21. The molecule has 0 aliphatic rings. The SMILES string of the molecule is CCC(N)Cc1ccc(C)c(Oc2ccc(F)cc2)c1. The maximum absolute atomic E-state index is 12.9. The molecule has 3 heteroatoms. The molecule has 2 aromatic rings. The van der Waals surface area contributed by atoms with Crippen LogP contribution < -0.4 is 10.5 Å². The summed E-state index contributed by atoms with van der Waals surface area (Å²) in [5.41, 5.74) is 8.18. The molecule has 2 N–H and O–H groups in total. The molecule has 0 radical (unpaired) electrons. The van der Waals surface area contributed by atoms with Crippen LogP contribution in [0.15, 0.2) is 42.5 Å². The minimum Gasteiger partial charge on any atom is -0.457 e. The number of aryl methyl sites for hydroxylation is 1. The summed E-state index contributed by atoms with van der Waals surface area (Å²) >= 11 is 0. The summed E-state index contributed by atoms with van der Waals surface area (Å²) in [5.74, 6) is 1.15. The third-order valence-electron chi connectivity index (χ3n) is 3.32. The Morgan fingerprint density at radius 1 is 1.15 bits per heavy atom. The van der Waals surface area contributed by atoms with Gasteiger partial charge >= 0.3 is 0 Å². The molecule has 2 rings (SSSR count). The summed E-state index contributed by atoms with van der Waals surface area (Å²) < 4.78 is 18.7. The highest BCUT2D eigenvalue weighted by Gasteiger charge is 2.06. The molecule has 1 unspecified atom stereocenters. The molecule has 0 aliphatic carbocycles. The Bertz CT molecular complexity index is 566. The van der Waals surface area contributed by atoms with Crippen molar-refractivity contribution in [3.8, 4) is 11.5 Å². The van der Waals surface area contributed by atoms with Gasteiger partial charge in [0.25, 0.3) is 0 Å². The molecule has 1 atom stereocenters. The normalized spacial score (nSPS) is 12.2. The molecule has 0 bridgehead atoms. The van der Waals surface area contributed by atoms with E-state index in [1.54, 1.807) is 12.1 Å². The van der Waals surface area contributed by atoms with E-state index < -0.39 is 0 Å². The van der Waals surface area contributed by atoms with Crippen molar-refractivity contribution < 1.29 is 9.13 Å². The van der Waals surface area contributed by atoms with E-state index in [1.807, 2.05) is 19.1 Å². The summed E-state index contributed by atoms with van der Waals surface area (Å²) in [4.78, 5) is 0. The fourth-order valence-corrected chi connectivity index (χ4v) is 1.96. The highest BCUT2D eigenvalue weighted by molar-refractivity contribution is 5.40. The van der Waals surface area contributed by atoms with E-state index in [-0.39, 0.29) is 11.9 Å². The fraction of sp³-hybridized carbons (Fsp3) is 0.294. The Morgan fingerprint density at radius 2 is 1.85 bits per heavy atom. The minimum atomic E-state index is -0.267. The Balaban J connectivity index is 2.18. The van der Waals surface area contributed by atoms with Crippen LogP contribution in [0.5, 0.6) is 11.5 Å². The molecule has 0 spiro atoms. The van der Waals surface area contributed by atoms with Crippen LogP contribution in [0.4, 0.5) is 4.39 Å². The summed E-state index contributed by atoms with van der Waals surface area (Å²) in [6.45, 7) is 4.07. The second-order valence-electron chi connectivity index (χ2n) is 5.03. The van der Waals surface area contributed by atoms with Gasteiger partial charge in [0.1, 0.15) is 17.3 Å². The van der Waals surface area contributed by atoms with Gasteiger partial charge in [-0.2, -0.15) is 0 Å². The quantitative estimate of drug-likeness (QED) is 0.885. The number of nitrogens with two attached hydrogens (primary N) is 1. The number of benzene rings is 2. The zero-order valence-electron chi connectivity index (χ0n) is 11.9. The number of halogens is 1. The molecule has 0 heterocycles. The molecule has 2 nitrogen and oxygen atoms in total. The van der Waals surface area contributed by atoms with Crippen molar-refractivity contribution in [3.63, 3.8) is 0 Å². The van der Waals surface area contributed by atoms with Crippen molar-refractivity contribution in [2.24, 2.45) is 5.73 Å². The van der Waals surface area contributed by atoms with E-state index in [4.69, 9.17) is 10.5 Å². The van der Waals surface area contributed by atoms with Crippen LogP contribution in [0.1, 0.15) is 24.5 Å². The number of ether oxygens (including phenoxy) is 1. The summed E-state index contributed by atoms with van der Waals surface area (Å²) in [6, 6.07) is 12.3. The molecule has 2 aromatic carbocycles. The largest absolute Gasteiger partial charge is 0.457 e. The van der Waals surface area contributed by atoms with Gasteiger partial charge in [0, 0.05) is 6.04 Å². The first kappa shape index (κ1) is 14.5. The number of hydrogen-bond donors (Lipinski definition) is 1. The van der Waals surface area contributed by atoms with Crippen LogP contribution in [-0.4, -0.2) is 6.04 Å². The van der Waals surface area contributed by atoms with E-state index in [9.17, 15) is 4.39 Å². The van der Waals surface area contributed by atoms with Gasteiger partial charge in [0.15, 0.2) is 0 Å². The monoisotopic (exact) mass is 273 g/mol. The first-order valence-corrected chi connectivity index (χ1v) is 6.87. The van der Waals surface area contributed by atoms with Crippen molar-refractivity contribution in [3.05, 3.63) is 59.4 Å². The lowest BCUT2D eigenvalue weighted by Crippen LogP contribution is -2.21. The molecule has 0 amide bonds. The maximum atomic E-state index is 12.9. The maximum Gasteiger partial charge on any atom is 0.130 e. The first-order chi connectivity index (χ1) is 9.58. The van der Waals surface area contributed by atoms with Crippen LogP contribution in [-0.2, 0) is 6.42 Å². The van der Waals surface area contributed by atoms with Crippen LogP contribution in [0.3, 0.4) is 0 Å². The van der Waals surface area contributed by atoms with Crippen LogP contribution in [0, 0.1) is 12.7 Å². The van der Waals surface area contributed by atoms with E-state index in [2.05, 4.69) is 13.0 Å². The van der Waals surface area contributed by atoms with Crippen molar-refractivity contribution in [2.75, 3.05) is 0 Å². The molecule has 20 heavy (non-hydrogen) atoms. The van der Waals surface area contributed by atoms with E-state index in [1.165, 1.54) is 12.1 Å². The van der Waals surface area contributed by atoms with Gasteiger partial charge in [-0.15, -0.1) is 0 Å². The van der Waals surface area contributed by atoms with Gasteiger partial charge in [-0.05, 0) is 61.2 Å². The molecule has 0 aliphatic heterocycles. The molecule has 0 aromatic heterocycles. The highest BCUT2D eigenvalue weighted by Crippen LogP contribution is 2.26. The van der Waals surface area contributed by atoms with Crippen LogP contribution in [0.2, 0.25) is 0 Å². The van der Waals surface area contributed by atoms with E-state index in [0.717, 1.165) is 29.7 Å². The number of hydrogen-bond acceptors (Lipinski definition) is 2. The molecular formula is C17H20FNO. The van der Waals surface area contributed by atoms with Gasteiger partial charge in [-0.3, -0.25) is 0 Å². The fourth-order valence-electron chi connectivity index (χ4n) is 1.96. The van der Waals surface area contributed by atoms with E-state index >= 15 is 0 Å². The number of rotatable bonds is 5. The van der Waals surface area contributed by atoms with Crippen molar-refractivity contribution >= 4 is 0 Å². The molecule has 106 valence electrons. The van der Waals surface area contributed by atoms with Gasteiger partial charge < -0.3 is 10.5 Å². The average Bonchev–Trinajstić information content (AvgIpc) is 2.45. The van der Waals surface area contributed by atoms with Gasteiger partial charge in [-0.1, -0.05) is 19.1 Å². The smallest absolute Gasteiger partial charge is 0.130 e. The lowest BCUT2D eigenvalue weighted by Gasteiger charge is -2.13. The molecule has 0 saturated heterocycles. The Hall–Kier alpha value is -1.87. The zero-order chi connectivity index (χ0) is 14.5. The van der Waals surface area contributed by atoms with Crippen LogP contribution >= 0.6 is 0 Å². The van der Waals surface area contributed by atoms with E-state index in [0.29, 0.717) is 5.75 Å². The Labute approximate surface area is 119 Å². The topological polar surface area (TPSA) is 35.2 Å². The summed E-state index contributed by atoms with van der Waals surface area (Å²) in [7, 11) is 0. The highest BCUT2D eigenvalue weighted by atomic mass is 19.1. The second kappa shape index (κ2) is 6.53. The third kappa shape index (κ3) is 3.81. The third-order valence-corrected chi connectivity index (χ3v) is 3.32. The van der Waals surface area contributed by atoms with Crippen LogP contribution in [0.25, 0.3) is 0 Å². The zero-order valence-corrected chi connectivity index (χ0v) is 11.9. The lowest BCUT2D eigenvalue weighted by molar-refractivity contribution is 0.475. The lowest BCUT2D eigenvalue weighted by atomic mass is 10.0. The molecular weight excluding hydrogens is 253 g/mol. The van der Waals surface area contributed by atoms with Gasteiger partial charge in [0.05, 0.1) is 0 Å². The van der Waals surface area contributed by atoms with Crippen molar-refractivity contribution in [1.82, 2.24) is 0 Å².